The standard InChI is InChI=1S/C8H13NO4/c1-4-6(10)9-7(12-3)8(11)13-5-2/h4,7H,1,5H2,2-3H3,(H,9,10). The summed E-state index contributed by atoms with van der Waals surface area (Å²) in [6, 6.07) is 0. The predicted octanol–water partition coefficient (Wildman–Crippen LogP) is -0.176. The van der Waals surface area contributed by atoms with Crippen molar-refractivity contribution in [3.05, 3.63) is 12.7 Å². The van der Waals surface area contributed by atoms with Gasteiger partial charge in [-0.25, -0.2) is 4.79 Å². The number of nitrogens with one attached hydrogen (secondary N) is 1. The molecule has 1 N–H and O–H groups in total. The summed E-state index contributed by atoms with van der Waals surface area (Å²) in [7, 11) is 1.30. The third kappa shape index (κ3) is 4.27. The smallest absolute Gasteiger partial charge is 0.356 e. The first kappa shape index (κ1) is 11.6. The van der Waals surface area contributed by atoms with Gasteiger partial charge in [-0.05, 0) is 13.0 Å². The minimum absolute atomic E-state index is 0.239. The Hall–Kier alpha value is -1.36. The van der Waals surface area contributed by atoms with Gasteiger partial charge in [0.1, 0.15) is 0 Å². The van der Waals surface area contributed by atoms with Crippen LogP contribution in [0.25, 0.3) is 0 Å². The minimum atomic E-state index is -1.06. The Balaban J connectivity index is 4.08. The molecule has 1 atom stereocenters. The first-order valence-electron chi connectivity index (χ1n) is 3.78. The zero-order valence-corrected chi connectivity index (χ0v) is 7.70. The lowest BCUT2D eigenvalue weighted by Crippen LogP contribution is -2.42. The van der Waals surface area contributed by atoms with E-state index in [9.17, 15) is 9.59 Å². The van der Waals surface area contributed by atoms with Crippen LogP contribution in [0, 0.1) is 0 Å². The molecule has 0 aromatic heterocycles. The van der Waals surface area contributed by atoms with Crippen LogP contribution in [0.15, 0.2) is 12.7 Å². The molecular weight excluding hydrogens is 174 g/mol. The molecule has 1 unspecified atom stereocenters. The number of amides is 1. The molecule has 0 heterocycles. The SMILES string of the molecule is C=CC(=O)NC(OC)C(=O)OCC. The molecule has 0 aromatic carbocycles. The summed E-state index contributed by atoms with van der Waals surface area (Å²) in [5.41, 5.74) is 0. The summed E-state index contributed by atoms with van der Waals surface area (Å²) in [5.74, 6) is -1.11. The molecule has 0 aliphatic rings. The molecule has 0 fully saturated rings. The van der Waals surface area contributed by atoms with E-state index in [1.54, 1.807) is 6.92 Å². The highest BCUT2D eigenvalue weighted by molar-refractivity contribution is 5.90. The molecule has 0 aromatic rings. The largest absolute Gasteiger partial charge is 0.463 e. The maximum atomic E-state index is 11.0. The van der Waals surface area contributed by atoms with Crippen LogP contribution in [-0.2, 0) is 19.1 Å². The Labute approximate surface area is 76.7 Å². The van der Waals surface area contributed by atoms with Crippen LogP contribution in [0.2, 0.25) is 0 Å². The Kier molecular flexibility index (Phi) is 5.54. The highest BCUT2D eigenvalue weighted by atomic mass is 16.6. The summed E-state index contributed by atoms with van der Waals surface area (Å²) in [5, 5.41) is 2.25. The van der Waals surface area contributed by atoms with Gasteiger partial charge >= 0.3 is 5.97 Å². The maximum absolute atomic E-state index is 11.0. The highest BCUT2D eigenvalue weighted by Gasteiger charge is 2.19. The number of methoxy groups -OCH3 is 1. The molecule has 0 rings (SSSR count). The van der Waals surface area contributed by atoms with Gasteiger partial charge < -0.3 is 14.8 Å². The average Bonchev–Trinajstić information content (AvgIpc) is 2.14. The van der Waals surface area contributed by atoms with Crippen LogP contribution >= 0.6 is 0 Å². The predicted molar refractivity (Wildman–Crippen MR) is 45.8 cm³/mol. The summed E-state index contributed by atoms with van der Waals surface area (Å²) in [6.07, 6.45) is -0.0175. The van der Waals surface area contributed by atoms with Crippen molar-refractivity contribution in [2.45, 2.75) is 13.2 Å². The minimum Gasteiger partial charge on any atom is -0.463 e. The van der Waals surface area contributed by atoms with E-state index in [2.05, 4.69) is 21.4 Å². The van der Waals surface area contributed by atoms with Gasteiger partial charge in [-0.1, -0.05) is 6.58 Å². The lowest BCUT2D eigenvalue weighted by Gasteiger charge is -2.13. The molecule has 1 amide bonds. The van der Waals surface area contributed by atoms with Crippen LogP contribution in [0.5, 0.6) is 0 Å². The third-order valence-electron chi connectivity index (χ3n) is 1.20. The van der Waals surface area contributed by atoms with Gasteiger partial charge in [0, 0.05) is 7.11 Å². The fourth-order valence-corrected chi connectivity index (χ4v) is 0.620. The summed E-state index contributed by atoms with van der Waals surface area (Å²) in [6.45, 7) is 5.14. The van der Waals surface area contributed by atoms with Crippen molar-refractivity contribution >= 4 is 11.9 Å². The first-order chi connectivity index (χ1) is 6.15. The molecule has 0 bridgehead atoms. The lowest BCUT2D eigenvalue weighted by molar-refractivity contribution is -0.158. The number of carbonyl (C=O) groups excluding carboxylic acids is 2. The number of rotatable bonds is 5. The Bertz CT molecular complexity index is 202. The van der Waals surface area contributed by atoms with Crippen LogP contribution in [0.4, 0.5) is 0 Å². The first-order valence-corrected chi connectivity index (χ1v) is 3.78. The Morgan fingerprint density at radius 1 is 1.62 bits per heavy atom. The Morgan fingerprint density at radius 3 is 2.62 bits per heavy atom. The molecule has 0 spiro atoms. The van der Waals surface area contributed by atoms with Crippen molar-refractivity contribution in [1.82, 2.24) is 5.32 Å². The lowest BCUT2D eigenvalue weighted by atomic mass is 10.5. The molecule has 0 radical (unpaired) electrons. The quantitative estimate of drug-likeness (QED) is 0.368. The van der Waals surface area contributed by atoms with Crippen LogP contribution in [0.1, 0.15) is 6.92 Å². The van der Waals surface area contributed by atoms with Gasteiger partial charge in [0.15, 0.2) is 0 Å². The zero-order chi connectivity index (χ0) is 10.3. The van der Waals surface area contributed by atoms with Crippen LogP contribution < -0.4 is 5.32 Å². The fraction of sp³-hybridized carbons (Fsp3) is 0.500. The fourth-order valence-electron chi connectivity index (χ4n) is 0.620. The van der Waals surface area contributed by atoms with Crippen molar-refractivity contribution in [3.8, 4) is 0 Å². The van der Waals surface area contributed by atoms with Gasteiger partial charge in [-0.3, -0.25) is 4.79 Å². The van der Waals surface area contributed by atoms with E-state index in [1.165, 1.54) is 7.11 Å². The van der Waals surface area contributed by atoms with Gasteiger partial charge in [-0.2, -0.15) is 0 Å². The topological polar surface area (TPSA) is 64.6 Å². The number of esters is 1. The van der Waals surface area contributed by atoms with Crippen molar-refractivity contribution < 1.29 is 19.1 Å². The van der Waals surface area contributed by atoms with E-state index in [0.717, 1.165) is 6.08 Å². The van der Waals surface area contributed by atoms with E-state index in [0.29, 0.717) is 0 Å². The monoisotopic (exact) mass is 187 g/mol. The van der Waals surface area contributed by atoms with Gasteiger partial charge in [0.05, 0.1) is 6.61 Å². The molecule has 13 heavy (non-hydrogen) atoms. The number of hydrogen-bond donors (Lipinski definition) is 1. The maximum Gasteiger partial charge on any atom is 0.356 e. The molecule has 0 aliphatic heterocycles. The summed E-state index contributed by atoms with van der Waals surface area (Å²) in [4.78, 5) is 21.8. The molecule has 5 heteroatoms. The summed E-state index contributed by atoms with van der Waals surface area (Å²) < 4.78 is 9.31. The van der Waals surface area contributed by atoms with Crippen molar-refractivity contribution in [2.75, 3.05) is 13.7 Å². The van der Waals surface area contributed by atoms with Gasteiger partial charge in [0.2, 0.25) is 12.1 Å². The van der Waals surface area contributed by atoms with Gasteiger partial charge in [-0.15, -0.1) is 0 Å². The van der Waals surface area contributed by atoms with Crippen LogP contribution in [-0.4, -0.2) is 31.8 Å². The molecule has 0 aliphatic carbocycles. The molecular formula is C8H13NO4. The van der Waals surface area contributed by atoms with E-state index >= 15 is 0 Å². The molecule has 74 valence electrons. The second-order valence-corrected chi connectivity index (χ2v) is 2.08. The van der Waals surface area contributed by atoms with Crippen molar-refractivity contribution in [2.24, 2.45) is 0 Å². The molecule has 5 nitrogen and oxygen atoms in total. The van der Waals surface area contributed by atoms with E-state index in [4.69, 9.17) is 0 Å². The average molecular weight is 187 g/mol. The van der Waals surface area contributed by atoms with Crippen LogP contribution in [0.3, 0.4) is 0 Å². The number of hydrogen-bond acceptors (Lipinski definition) is 4. The second kappa shape index (κ2) is 6.19. The molecule has 0 saturated heterocycles. The second-order valence-electron chi connectivity index (χ2n) is 2.08. The summed E-state index contributed by atoms with van der Waals surface area (Å²) >= 11 is 0. The van der Waals surface area contributed by atoms with Crippen molar-refractivity contribution in [3.63, 3.8) is 0 Å². The zero-order valence-electron chi connectivity index (χ0n) is 7.70. The Morgan fingerprint density at radius 2 is 2.23 bits per heavy atom. The number of carbonyl (C=O) groups is 2. The van der Waals surface area contributed by atoms with E-state index in [1.807, 2.05) is 0 Å². The molecule has 0 saturated carbocycles. The van der Waals surface area contributed by atoms with E-state index in [-0.39, 0.29) is 6.61 Å². The third-order valence-corrected chi connectivity index (χ3v) is 1.20. The van der Waals surface area contributed by atoms with Crippen molar-refractivity contribution in [1.29, 1.82) is 0 Å². The van der Waals surface area contributed by atoms with E-state index < -0.39 is 18.1 Å². The number of ether oxygens (including phenoxy) is 2. The van der Waals surface area contributed by atoms with Gasteiger partial charge in [0.25, 0.3) is 0 Å². The highest BCUT2D eigenvalue weighted by Crippen LogP contribution is 1.90. The normalized spacial score (nSPS) is 11.5.